The minimum absolute atomic E-state index is 0.0376. The summed E-state index contributed by atoms with van der Waals surface area (Å²) in [5.41, 5.74) is 1.84. The van der Waals surface area contributed by atoms with Crippen LogP contribution in [0.2, 0.25) is 5.02 Å². The number of amides is 1. The Balaban J connectivity index is 1.76. The van der Waals surface area contributed by atoms with Crippen molar-refractivity contribution in [1.82, 2.24) is 4.90 Å². The maximum absolute atomic E-state index is 13.1. The molecule has 3 rings (SSSR count). The van der Waals surface area contributed by atoms with E-state index in [1.807, 2.05) is 23.1 Å². The average Bonchev–Trinajstić information content (AvgIpc) is 3.00. The fraction of sp³-hybridized carbons (Fsp3) is 0.278. The van der Waals surface area contributed by atoms with Crippen molar-refractivity contribution in [3.63, 3.8) is 0 Å². The van der Waals surface area contributed by atoms with Gasteiger partial charge in [0.15, 0.2) is 0 Å². The number of nitrogens with zero attached hydrogens (tertiary/aromatic N) is 1. The summed E-state index contributed by atoms with van der Waals surface area (Å²) >= 11 is 6.13. The highest BCUT2D eigenvalue weighted by Gasteiger charge is 2.29. The number of benzene rings is 2. The Bertz CT molecular complexity index is 671. The zero-order valence-corrected chi connectivity index (χ0v) is 12.9. The van der Waals surface area contributed by atoms with Gasteiger partial charge in [-0.3, -0.25) is 4.79 Å². The van der Waals surface area contributed by atoms with E-state index in [-0.39, 0.29) is 17.8 Å². The van der Waals surface area contributed by atoms with Gasteiger partial charge in [-0.1, -0.05) is 41.9 Å². The molecular formula is C18H17ClFNO. The molecule has 1 aliphatic heterocycles. The van der Waals surface area contributed by atoms with Crippen molar-refractivity contribution >= 4 is 17.5 Å². The molecule has 0 bridgehead atoms. The highest BCUT2D eigenvalue weighted by atomic mass is 35.5. The van der Waals surface area contributed by atoms with E-state index in [1.54, 1.807) is 18.2 Å². The zero-order valence-electron chi connectivity index (χ0n) is 12.1. The summed E-state index contributed by atoms with van der Waals surface area (Å²) in [7, 11) is 0. The van der Waals surface area contributed by atoms with Crippen LogP contribution in [0.3, 0.4) is 0 Å². The van der Waals surface area contributed by atoms with Gasteiger partial charge in [-0.15, -0.1) is 0 Å². The van der Waals surface area contributed by atoms with Gasteiger partial charge >= 0.3 is 0 Å². The molecule has 0 aliphatic carbocycles. The van der Waals surface area contributed by atoms with E-state index in [9.17, 15) is 9.18 Å². The van der Waals surface area contributed by atoms with Gasteiger partial charge in [0, 0.05) is 11.6 Å². The first-order chi connectivity index (χ1) is 10.6. The van der Waals surface area contributed by atoms with Gasteiger partial charge in [0.25, 0.3) is 0 Å². The Hall–Kier alpha value is -1.87. The molecule has 1 aliphatic rings. The highest BCUT2D eigenvalue weighted by Crippen LogP contribution is 2.32. The molecule has 2 nitrogen and oxygen atoms in total. The third kappa shape index (κ3) is 3.14. The Morgan fingerprint density at radius 3 is 2.64 bits per heavy atom. The number of carbonyl (C=O) groups excluding carboxylic acids is 1. The molecule has 0 radical (unpaired) electrons. The van der Waals surface area contributed by atoms with Crippen molar-refractivity contribution in [2.75, 3.05) is 6.54 Å². The first kappa shape index (κ1) is 15.0. The van der Waals surface area contributed by atoms with E-state index in [0.717, 1.165) is 30.5 Å². The number of carbonyl (C=O) groups is 1. The lowest BCUT2D eigenvalue weighted by Gasteiger charge is -2.25. The Kier molecular flexibility index (Phi) is 4.44. The third-order valence-corrected chi connectivity index (χ3v) is 4.50. The van der Waals surface area contributed by atoms with E-state index >= 15 is 0 Å². The summed E-state index contributed by atoms with van der Waals surface area (Å²) in [4.78, 5) is 14.5. The molecule has 4 heteroatoms. The van der Waals surface area contributed by atoms with E-state index < -0.39 is 0 Å². The topological polar surface area (TPSA) is 20.3 Å². The van der Waals surface area contributed by atoms with Crippen molar-refractivity contribution in [3.8, 4) is 0 Å². The molecular weight excluding hydrogens is 301 g/mol. The molecule has 0 spiro atoms. The average molecular weight is 318 g/mol. The Morgan fingerprint density at radius 1 is 1.18 bits per heavy atom. The van der Waals surface area contributed by atoms with E-state index in [0.29, 0.717) is 11.4 Å². The normalized spacial score (nSPS) is 17.7. The smallest absolute Gasteiger partial charge is 0.227 e. The maximum Gasteiger partial charge on any atom is 0.227 e. The molecule has 0 saturated carbocycles. The molecule has 1 atom stereocenters. The van der Waals surface area contributed by atoms with Gasteiger partial charge in [0.05, 0.1) is 12.5 Å². The number of halogens is 2. The van der Waals surface area contributed by atoms with Crippen LogP contribution in [0.4, 0.5) is 4.39 Å². The van der Waals surface area contributed by atoms with Crippen molar-refractivity contribution in [2.24, 2.45) is 0 Å². The lowest BCUT2D eigenvalue weighted by Crippen LogP contribution is -2.31. The molecule has 2 aromatic carbocycles. The first-order valence-electron chi connectivity index (χ1n) is 7.43. The van der Waals surface area contributed by atoms with Gasteiger partial charge < -0.3 is 4.90 Å². The van der Waals surface area contributed by atoms with Crippen molar-refractivity contribution in [1.29, 1.82) is 0 Å². The quantitative estimate of drug-likeness (QED) is 0.822. The number of hydrogen-bond acceptors (Lipinski definition) is 1. The number of hydrogen-bond donors (Lipinski definition) is 0. The van der Waals surface area contributed by atoms with Crippen LogP contribution in [-0.2, 0) is 11.2 Å². The van der Waals surface area contributed by atoms with Crippen molar-refractivity contribution < 1.29 is 9.18 Å². The fourth-order valence-corrected chi connectivity index (χ4v) is 3.21. The number of rotatable bonds is 3. The van der Waals surface area contributed by atoms with Gasteiger partial charge in [0.1, 0.15) is 5.82 Å². The molecule has 22 heavy (non-hydrogen) atoms. The molecule has 0 N–H and O–H groups in total. The van der Waals surface area contributed by atoms with Crippen LogP contribution in [0.1, 0.15) is 30.0 Å². The molecule has 1 heterocycles. The second kappa shape index (κ2) is 6.49. The molecule has 1 fully saturated rings. The largest absolute Gasteiger partial charge is 0.335 e. The monoisotopic (exact) mass is 317 g/mol. The Morgan fingerprint density at radius 2 is 1.91 bits per heavy atom. The van der Waals surface area contributed by atoms with E-state index in [2.05, 4.69) is 0 Å². The van der Waals surface area contributed by atoms with E-state index in [4.69, 9.17) is 11.6 Å². The van der Waals surface area contributed by atoms with Crippen molar-refractivity contribution in [2.45, 2.75) is 25.3 Å². The van der Waals surface area contributed by atoms with Crippen LogP contribution in [-0.4, -0.2) is 17.4 Å². The highest BCUT2D eigenvalue weighted by molar-refractivity contribution is 6.31. The first-order valence-corrected chi connectivity index (χ1v) is 7.81. The van der Waals surface area contributed by atoms with Crippen LogP contribution in [0.25, 0.3) is 0 Å². The van der Waals surface area contributed by atoms with Crippen LogP contribution in [0.5, 0.6) is 0 Å². The van der Waals surface area contributed by atoms with Gasteiger partial charge in [0.2, 0.25) is 5.91 Å². The maximum atomic E-state index is 13.1. The minimum Gasteiger partial charge on any atom is -0.335 e. The summed E-state index contributed by atoms with van der Waals surface area (Å²) in [6.45, 7) is 0.741. The Labute approximate surface area is 134 Å². The molecule has 2 aromatic rings. The predicted octanol–water partition coefficient (Wildman–Crippen LogP) is 4.39. The number of likely N-dealkylation sites (tertiary alicyclic amines) is 1. The van der Waals surface area contributed by atoms with Crippen LogP contribution >= 0.6 is 11.6 Å². The van der Waals surface area contributed by atoms with Crippen LogP contribution in [0, 0.1) is 5.82 Å². The third-order valence-electron chi connectivity index (χ3n) is 4.13. The zero-order chi connectivity index (χ0) is 15.5. The van der Waals surface area contributed by atoms with E-state index in [1.165, 1.54) is 12.1 Å². The lowest BCUT2D eigenvalue weighted by molar-refractivity contribution is -0.131. The summed E-state index contributed by atoms with van der Waals surface area (Å²) in [6, 6.07) is 13.9. The summed E-state index contributed by atoms with van der Waals surface area (Å²) in [5, 5.41) is 0.619. The molecule has 0 aromatic heterocycles. The minimum atomic E-state index is -0.254. The second-order valence-corrected chi connectivity index (χ2v) is 5.97. The molecule has 1 saturated heterocycles. The van der Waals surface area contributed by atoms with Gasteiger partial charge in [-0.05, 0) is 42.2 Å². The summed E-state index contributed by atoms with van der Waals surface area (Å²) in [6.07, 6.45) is 2.19. The van der Waals surface area contributed by atoms with Crippen LogP contribution in [0.15, 0.2) is 48.5 Å². The van der Waals surface area contributed by atoms with Crippen molar-refractivity contribution in [3.05, 3.63) is 70.5 Å². The van der Waals surface area contributed by atoms with Crippen LogP contribution < -0.4 is 0 Å². The fourth-order valence-electron chi connectivity index (χ4n) is 3.00. The summed E-state index contributed by atoms with van der Waals surface area (Å²) in [5.74, 6) is -0.185. The predicted molar refractivity (Wildman–Crippen MR) is 85.2 cm³/mol. The van der Waals surface area contributed by atoms with Gasteiger partial charge in [-0.25, -0.2) is 4.39 Å². The summed E-state index contributed by atoms with van der Waals surface area (Å²) < 4.78 is 13.1. The molecule has 1 amide bonds. The lowest BCUT2D eigenvalue weighted by atomic mass is 10.0. The standard InChI is InChI=1S/C18H17ClFNO/c19-16-5-2-1-4-14(16)12-18(22)21-11-3-6-17(21)13-7-9-15(20)10-8-13/h1-2,4-5,7-10,17H,3,6,11-12H2. The van der Waals surface area contributed by atoms with Gasteiger partial charge in [-0.2, -0.15) is 0 Å². The second-order valence-electron chi connectivity index (χ2n) is 5.56. The molecule has 114 valence electrons. The SMILES string of the molecule is O=C(Cc1ccccc1Cl)N1CCCC1c1ccc(F)cc1. The molecule has 1 unspecified atom stereocenters.